The number of nitrogens with zero attached hydrogens (tertiary/aromatic N) is 2. The number of aryl methyl sites for hydroxylation is 1. The molecule has 1 aliphatic heterocycles. The molecule has 1 atom stereocenters. The molecule has 2 rings (SSSR count). The molecule has 0 aliphatic carbocycles. The van der Waals surface area contributed by atoms with Crippen molar-refractivity contribution >= 4 is 17.5 Å². The van der Waals surface area contributed by atoms with Gasteiger partial charge >= 0.3 is 0 Å². The van der Waals surface area contributed by atoms with Crippen LogP contribution in [-0.2, 0) is 14.3 Å². The molecule has 1 aromatic rings. The predicted molar refractivity (Wildman–Crippen MR) is 95.1 cm³/mol. The number of piperazine rings is 1. The van der Waals surface area contributed by atoms with Crippen molar-refractivity contribution in [3.05, 3.63) is 29.8 Å². The number of rotatable bonds is 7. The van der Waals surface area contributed by atoms with Crippen LogP contribution >= 0.6 is 0 Å². The van der Waals surface area contributed by atoms with Crippen molar-refractivity contribution in [3.8, 4) is 0 Å². The highest BCUT2D eigenvalue weighted by Gasteiger charge is 2.32. The molecular weight excluding hydrogens is 304 g/mol. The van der Waals surface area contributed by atoms with Crippen LogP contribution < -0.4 is 4.90 Å². The number of methoxy groups -OCH3 is 1. The van der Waals surface area contributed by atoms with Gasteiger partial charge in [0.05, 0.1) is 0 Å². The molecule has 0 bridgehead atoms. The summed E-state index contributed by atoms with van der Waals surface area (Å²) in [7, 11) is 1.69. The monoisotopic (exact) mass is 332 g/mol. The fraction of sp³-hybridized carbons (Fsp3) is 0.579. The van der Waals surface area contributed by atoms with Crippen molar-refractivity contribution in [2.24, 2.45) is 0 Å². The van der Waals surface area contributed by atoms with Crippen LogP contribution in [0.5, 0.6) is 0 Å². The van der Waals surface area contributed by atoms with E-state index in [1.165, 1.54) is 5.56 Å². The molecule has 1 heterocycles. The van der Waals surface area contributed by atoms with Crippen LogP contribution in [0.1, 0.15) is 38.2 Å². The molecular formula is C19H28N2O3. The standard InChI is InChI=1S/C19H28N2O3/c1-15-8-10-17(11-9-15)21-13-16(2)20(14-19(21)23)18(22)7-5-4-6-12-24-3/h8-11,16H,4-7,12-14H2,1-3H3/t16-/m0/s1. The fourth-order valence-electron chi connectivity index (χ4n) is 3.00. The Morgan fingerprint density at radius 2 is 1.92 bits per heavy atom. The molecule has 24 heavy (non-hydrogen) atoms. The van der Waals surface area contributed by atoms with Gasteiger partial charge in [0.1, 0.15) is 6.54 Å². The second-order valence-electron chi connectivity index (χ2n) is 6.51. The first-order valence-corrected chi connectivity index (χ1v) is 8.68. The van der Waals surface area contributed by atoms with Crippen LogP contribution in [-0.4, -0.2) is 49.6 Å². The number of benzene rings is 1. The van der Waals surface area contributed by atoms with Gasteiger partial charge < -0.3 is 14.5 Å². The lowest BCUT2D eigenvalue weighted by Crippen LogP contribution is -2.57. The Kier molecular flexibility index (Phi) is 6.79. The molecule has 0 radical (unpaired) electrons. The summed E-state index contributed by atoms with van der Waals surface area (Å²) < 4.78 is 5.01. The van der Waals surface area contributed by atoms with Crippen molar-refractivity contribution in [2.75, 3.05) is 31.7 Å². The maximum Gasteiger partial charge on any atom is 0.246 e. The van der Waals surface area contributed by atoms with Gasteiger partial charge in [-0.25, -0.2) is 0 Å². The largest absolute Gasteiger partial charge is 0.385 e. The third-order valence-corrected chi connectivity index (χ3v) is 4.49. The van der Waals surface area contributed by atoms with E-state index >= 15 is 0 Å². The first-order valence-electron chi connectivity index (χ1n) is 8.68. The minimum absolute atomic E-state index is 0.00955. The SMILES string of the molecule is COCCCCCC(=O)N1CC(=O)N(c2ccc(C)cc2)C[C@@H]1C. The molecule has 2 amide bonds. The normalized spacial score (nSPS) is 18.1. The number of carbonyl (C=O) groups excluding carboxylic acids is 2. The zero-order chi connectivity index (χ0) is 17.5. The number of ether oxygens (including phenoxy) is 1. The molecule has 0 saturated carbocycles. The summed E-state index contributed by atoms with van der Waals surface area (Å²) in [6.07, 6.45) is 3.30. The molecule has 5 heteroatoms. The summed E-state index contributed by atoms with van der Waals surface area (Å²) >= 11 is 0. The molecule has 132 valence electrons. The number of amides is 2. The van der Waals surface area contributed by atoms with Crippen molar-refractivity contribution in [3.63, 3.8) is 0 Å². The predicted octanol–water partition coefficient (Wildman–Crippen LogP) is 2.77. The Labute approximate surface area is 144 Å². The average Bonchev–Trinajstić information content (AvgIpc) is 2.57. The van der Waals surface area contributed by atoms with E-state index in [0.717, 1.165) is 31.6 Å². The number of hydrogen-bond acceptors (Lipinski definition) is 3. The lowest BCUT2D eigenvalue weighted by molar-refractivity contribution is -0.139. The highest BCUT2D eigenvalue weighted by molar-refractivity contribution is 5.98. The van der Waals surface area contributed by atoms with Gasteiger partial charge in [0.15, 0.2) is 0 Å². The molecule has 0 spiro atoms. The smallest absolute Gasteiger partial charge is 0.246 e. The van der Waals surface area contributed by atoms with E-state index in [1.54, 1.807) is 16.9 Å². The van der Waals surface area contributed by atoms with Crippen LogP contribution in [0.3, 0.4) is 0 Å². The van der Waals surface area contributed by atoms with Gasteiger partial charge in [0.25, 0.3) is 0 Å². The third-order valence-electron chi connectivity index (χ3n) is 4.49. The van der Waals surface area contributed by atoms with E-state index < -0.39 is 0 Å². The lowest BCUT2D eigenvalue weighted by Gasteiger charge is -2.39. The van der Waals surface area contributed by atoms with Crippen LogP contribution in [0, 0.1) is 6.92 Å². The molecule has 0 unspecified atom stereocenters. The number of unbranched alkanes of at least 4 members (excludes halogenated alkanes) is 2. The van der Waals surface area contributed by atoms with Gasteiger partial charge in [-0.2, -0.15) is 0 Å². The van der Waals surface area contributed by atoms with E-state index in [1.807, 2.05) is 38.1 Å². The number of hydrogen-bond donors (Lipinski definition) is 0. The molecule has 1 saturated heterocycles. The van der Waals surface area contributed by atoms with E-state index in [2.05, 4.69) is 0 Å². The Hall–Kier alpha value is -1.88. The number of anilines is 1. The summed E-state index contributed by atoms with van der Waals surface area (Å²) in [4.78, 5) is 28.4. The van der Waals surface area contributed by atoms with Crippen molar-refractivity contribution in [1.29, 1.82) is 0 Å². The molecule has 1 aliphatic rings. The van der Waals surface area contributed by atoms with Crippen molar-refractivity contribution in [1.82, 2.24) is 4.90 Å². The van der Waals surface area contributed by atoms with Gasteiger partial charge in [0.2, 0.25) is 11.8 Å². The van der Waals surface area contributed by atoms with Gasteiger partial charge in [0, 0.05) is 38.4 Å². The first kappa shape index (κ1) is 18.5. The Morgan fingerprint density at radius 3 is 2.58 bits per heavy atom. The van der Waals surface area contributed by atoms with Crippen LogP contribution in [0.15, 0.2) is 24.3 Å². The highest BCUT2D eigenvalue weighted by atomic mass is 16.5. The minimum atomic E-state index is -0.00955. The summed E-state index contributed by atoms with van der Waals surface area (Å²) in [5.74, 6) is 0.0708. The van der Waals surface area contributed by atoms with E-state index in [4.69, 9.17) is 4.74 Å². The van der Waals surface area contributed by atoms with Gasteiger partial charge in [-0.05, 0) is 38.8 Å². The zero-order valence-electron chi connectivity index (χ0n) is 15.0. The minimum Gasteiger partial charge on any atom is -0.385 e. The van der Waals surface area contributed by atoms with Gasteiger partial charge in [-0.3, -0.25) is 9.59 Å². The summed E-state index contributed by atoms with van der Waals surface area (Å²) in [6.45, 7) is 5.50. The topological polar surface area (TPSA) is 49.9 Å². The van der Waals surface area contributed by atoms with Gasteiger partial charge in [-0.15, -0.1) is 0 Å². The van der Waals surface area contributed by atoms with Crippen LogP contribution in [0.25, 0.3) is 0 Å². The van der Waals surface area contributed by atoms with Crippen LogP contribution in [0.4, 0.5) is 5.69 Å². The average molecular weight is 332 g/mol. The fourth-order valence-corrected chi connectivity index (χ4v) is 3.00. The molecule has 1 fully saturated rings. The molecule has 0 aromatic heterocycles. The number of carbonyl (C=O) groups is 2. The molecule has 1 aromatic carbocycles. The Morgan fingerprint density at radius 1 is 1.21 bits per heavy atom. The van der Waals surface area contributed by atoms with E-state index in [9.17, 15) is 9.59 Å². The first-order chi connectivity index (χ1) is 11.5. The van der Waals surface area contributed by atoms with E-state index in [0.29, 0.717) is 13.0 Å². The summed E-state index contributed by atoms with van der Waals surface area (Å²) in [6, 6.07) is 7.98. The lowest BCUT2D eigenvalue weighted by atomic mass is 10.1. The van der Waals surface area contributed by atoms with E-state index in [-0.39, 0.29) is 24.4 Å². The maximum atomic E-state index is 12.5. The zero-order valence-corrected chi connectivity index (χ0v) is 15.0. The quantitative estimate of drug-likeness (QED) is 0.722. The highest BCUT2D eigenvalue weighted by Crippen LogP contribution is 2.21. The van der Waals surface area contributed by atoms with Gasteiger partial charge in [-0.1, -0.05) is 24.1 Å². The second kappa shape index (κ2) is 8.83. The molecule has 0 N–H and O–H groups in total. The summed E-state index contributed by atoms with van der Waals surface area (Å²) in [5, 5.41) is 0. The summed E-state index contributed by atoms with van der Waals surface area (Å²) in [5.41, 5.74) is 2.07. The Bertz CT molecular complexity index is 556. The maximum absolute atomic E-state index is 12.5. The molecule has 5 nitrogen and oxygen atoms in total. The Balaban J connectivity index is 1.89. The third kappa shape index (κ3) is 4.81. The van der Waals surface area contributed by atoms with Crippen LogP contribution in [0.2, 0.25) is 0 Å². The van der Waals surface area contributed by atoms with Crippen molar-refractivity contribution in [2.45, 2.75) is 45.6 Å². The van der Waals surface area contributed by atoms with Crippen molar-refractivity contribution < 1.29 is 14.3 Å². The second-order valence-corrected chi connectivity index (χ2v) is 6.51.